The quantitative estimate of drug-likeness (QED) is 0.842. The first-order valence-corrected chi connectivity index (χ1v) is 6.79. The molecular formula is C15H21N3O2. The third kappa shape index (κ3) is 3.10. The molecular weight excluding hydrogens is 254 g/mol. The molecule has 0 saturated heterocycles. The van der Waals surface area contributed by atoms with Gasteiger partial charge in [-0.25, -0.2) is 0 Å². The summed E-state index contributed by atoms with van der Waals surface area (Å²) in [5.41, 5.74) is 1.47. The topological polar surface area (TPSA) is 51.3 Å². The highest BCUT2D eigenvalue weighted by Crippen LogP contribution is 2.12. The highest BCUT2D eigenvalue weighted by atomic mass is 16.3. The molecule has 2 rings (SSSR count). The first-order chi connectivity index (χ1) is 9.49. The Hall–Kier alpha value is -2.04. The number of rotatable bonds is 5. The summed E-state index contributed by atoms with van der Waals surface area (Å²) >= 11 is 0. The lowest BCUT2D eigenvalue weighted by Crippen LogP contribution is -2.35. The Bertz CT molecular complexity index is 552. The maximum absolute atomic E-state index is 12.3. The van der Waals surface area contributed by atoms with Crippen LogP contribution in [0.2, 0.25) is 0 Å². The first kappa shape index (κ1) is 14.4. The van der Waals surface area contributed by atoms with E-state index in [0.717, 1.165) is 24.3 Å². The monoisotopic (exact) mass is 275 g/mol. The SMILES string of the molecule is Cc1cc(C(=O)N(C)C(C)CCc2ccco2)nn1C. The maximum atomic E-state index is 12.3. The van der Waals surface area contributed by atoms with Crippen molar-refractivity contribution in [1.29, 1.82) is 0 Å². The second kappa shape index (κ2) is 5.94. The molecule has 0 bridgehead atoms. The van der Waals surface area contributed by atoms with Gasteiger partial charge in [0, 0.05) is 32.3 Å². The Morgan fingerprint density at radius 3 is 2.85 bits per heavy atom. The summed E-state index contributed by atoms with van der Waals surface area (Å²) in [6, 6.07) is 5.79. The van der Waals surface area contributed by atoms with Crippen molar-refractivity contribution >= 4 is 5.91 Å². The minimum absolute atomic E-state index is 0.0411. The summed E-state index contributed by atoms with van der Waals surface area (Å²) in [5.74, 6) is 0.909. The van der Waals surface area contributed by atoms with Crippen LogP contribution in [0.25, 0.3) is 0 Å². The summed E-state index contributed by atoms with van der Waals surface area (Å²) in [6.07, 6.45) is 3.36. The lowest BCUT2D eigenvalue weighted by atomic mass is 10.1. The van der Waals surface area contributed by atoms with E-state index < -0.39 is 0 Å². The van der Waals surface area contributed by atoms with Crippen molar-refractivity contribution < 1.29 is 9.21 Å². The zero-order valence-electron chi connectivity index (χ0n) is 12.5. The zero-order valence-corrected chi connectivity index (χ0v) is 12.5. The second-order valence-electron chi connectivity index (χ2n) is 5.18. The smallest absolute Gasteiger partial charge is 0.274 e. The number of aromatic nitrogens is 2. The Labute approximate surface area is 119 Å². The standard InChI is InChI=1S/C15H21N3O2/c1-11(7-8-13-6-5-9-20-13)17(3)15(19)14-10-12(2)18(4)16-14/h5-6,9-11H,7-8H2,1-4H3. The fourth-order valence-corrected chi connectivity index (χ4v) is 2.05. The van der Waals surface area contributed by atoms with Gasteiger partial charge in [-0.1, -0.05) is 0 Å². The van der Waals surface area contributed by atoms with Gasteiger partial charge in [0.1, 0.15) is 5.76 Å². The molecule has 2 heterocycles. The van der Waals surface area contributed by atoms with Crippen LogP contribution in [0.3, 0.4) is 0 Å². The highest BCUT2D eigenvalue weighted by Gasteiger charge is 2.20. The lowest BCUT2D eigenvalue weighted by Gasteiger charge is -2.23. The number of amides is 1. The minimum Gasteiger partial charge on any atom is -0.469 e. The molecule has 2 aromatic heterocycles. The fourth-order valence-electron chi connectivity index (χ4n) is 2.05. The molecule has 1 unspecified atom stereocenters. The number of hydrogen-bond acceptors (Lipinski definition) is 3. The van der Waals surface area contributed by atoms with Gasteiger partial charge in [-0.05, 0) is 38.5 Å². The molecule has 2 aromatic rings. The van der Waals surface area contributed by atoms with E-state index in [2.05, 4.69) is 5.10 Å². The van der Waals surface area contributed by atoms with Gasteiger partial charge in [0.15, 0.2) is 5.69 Å². The van der Waals surface area contributed by atoms with Crippen LogP contribution in [0.15, 0.2) is 28.9 Å². The predicted molar refractivity (Wildman–Crippen MR) is 76.5 cm³/mol. The Kier molecular flexibility index (Phi) is 4.27. The van der Waals surface area contributed by atoms with Gasteiger partial charge in [0.2, 0.25) is 0 Å². The number of hydrogen-bond donors (Lipinski definition) is 0. The van der Waals surface area contributed by atoms with E-state index in [4.69, 9.17) is 4.42 Å². The van der Waals surface area contributed by atoms with Crippen LogP contribution in [0.5, 0.6) is 0 Å². The molecule has 5 heteroatoms. The predicted octanol–water partition coefficient (Wildman–Crippen LogP) is 2.41. The zero-order chi connectivity index (χ0) is 14.7. The lowest BCUT2D eigenvalue weighted by molar-refractivity contribution is 0.0729. The van der Waals surface area contributed by atoms with Crippen molar-refractivity contribution in [1.82, 2.24) is 14.7 Å². The van der Waals surface area contributed by atoms with Crippen LogP contribution in [0.4, 0.5) is 0 Å². The Balaban J connectivity index is 1.95. The van der Waals surface area contributed by atoms with Crippen molar-refractivity contribution in [2.75, 3.05) is 7.05 Å². The summed E-state index contributed by atoms with van der Waals surface area (Å²) in [5, 5.41) is 4.23. The van der Waals surface area contributed by atoms with Gasteiger partial charge < -0.3 is 9.32 Å². The van der Waals surface area contributed by atoms with Crippen molar-refractivity contribution in [3.63, 3.8) is 0 Å². The molecule has 0 radical (unpaired) electrons. The fraction of sp³-hybridized carbons (Fsp3) is 0.467. The molecule has 0 spiro atoms. The van der Waals surface area contributed by atoms with Gasteiger partial charge in [0.25, 0.3) is 5.91 Å². The number of carbonyl (C=O) groups is 1. The second-order valence-corrected chi connectivity index (χ2v) is 5.18. The van der Waals surface area contributed by atoms with Gasteiger partial charge in [-0.15, -0.1) is 0 Å². The largest absolute Gasteiger partial charge is 0.469 e. The van der Waals surface area contributed by atoms with Gasteiger partial charge in [0.05, 0.1) is 6.26 Å². The van der Waals surface area contributed by atoms with Crippen molar-refractivity contribution in [2.45, 2.75) is 32.7 Å². The average molecular weight is 275 g/mol. The van der Waals surface area contributed by atoms with E-state index in [9.17, 15) is 4.79 Å². The third-order valence-corrected chi connectivity index (χ3v) is 3.70. The van der Waals surface area contributed by atoms with Crippen molar-refractivity contribution in [3.05, 3.63) is 41.6 Å². The van der Waals surface area contributed by atoms with Crippen molar-refractivity contribution in [3.8, 4) is 0 Å². The third-order valence-electron chi connectivity index (χ3n) is 3.70. The minimum atomic E-state index is -0.0411. The van der Waals surface area contributed by atoms with Gasteiger partial charge in [-0.3, -0.25) is 9.48 Å². The van der Waals surface area contributed by atoms with E-state index in [-0.39, 0.29) is 11.9 Å². The Morgan fingerprint density at radius 2 is 2.30 bits per heavy atom. The van der Waals surface area contributed by atoms with Crippen LogP contribution < -0.4 is 0 Å². The van der Waals surface area contributed by atoms with E-state index in [1.807, 2.05) is 46.1 Å². The first-order valence-electron chi connectivity index (χ1n) is 6.79. The van der Waals surface area contributed by atoms with E-state index in [1.165, 1.54) is 0 Å². The average Bonchev–Trinajstić information content (AvgIpc) is 3.05. The van der Waals surface area contributed by atoms with Crippen LogP contribution in [-0.4, -0.2) is 33.7 Å². The number of furan rings is 1. The summed E-state index contributed by atoms with van der Waals surface area (Å²) in [4.78, 5) is 14.1. The molecule has 0 aromatic carbocycles. The summed E-state index contributed by atoms with van der Waals surface area (Å²) < 4.78 is 7.03. The molecule has 0 fully saturated rings. The number of carbonyl (C=O) groups excluding carboxylic acids is 1. The van der Waals surface area contributed by atoms with Crippen LogP contribution >= 0.6 is 0 Å². The summed E-state index contributed by atoms with van der Waals surface area (Å²) in [6.45, 7) is 3.97. The molecule has 0 aliphatic carbocycles. The molecule has 0 N–H and O–H groups in total. The summed E-state index contributed by atoms with van der Waals surface area (Å²) in [7, 11) is 3.66. The molecule has 1 amide bonds. The number of nitrogens with zero attached hydrogens (tertiary/aromatic N) is 3. The van der Waals surface area contributed by atoms with Crippen LogP contribution in [-0.2, 0) is 13.5 Å². The molecule has 0 aliphatic rings. The highest BCUT2D eigenvalue weighted by molar-refractivity contribution is 5.92. The maximum Gasteiger partial charge on any atom is 0.274 e. The normalized spacial score (nSPS) is 12.4. The number of aryl methyl sites for hydroxylation is 3. The Morgan fingerprint density at radius 1 is 1.55 bits per heavy atom. The molecule has 20 heavy (non-hydrogen) atoms. The molecule has 108 valence electrons. The molecule has 1 atom stereocenters. The molecule has 0 saturated carbocycles. The van der Waals surface area contributed by atoms with Crippen LogP contribution in [0.1, 0.15) is 35.3 Å². The molecule has 5 nitrogen and oxygen atoms in total. The van der Waals surface area contributed by atoms with E-state index in [1.54, 1.807) is 15.8 Å². The van der Waals surface area contributed by atoms with Crippen LogP contribution in [0, 0.1) is 6.92 Å². The van der Waals surface area contributed by atoms with Gasteiger partial charge >= 0.3 is 0 Å². The van der Waals surface area contributed by atoms with E-state index >= 15 is 0 Å². The van der Waals surface area contributed by atoms with E-state index in [0.29, 0.717) is 5.69 Å². The van der Waals surface area contributed by atoms with Crippen molar-refractivity contribution in [2.24, 2.45) is 7.05 Å². The van der Waals surface area contributed by atoms with Gasteiger partial charge in [-0.2, -0.15) is 5.10 Å². The molecule has 0 aliphatic heterocycles.